The molecule has 0 radical (unpaired) electrons. The number of halogens is 1. The van der Waals surface area contributed by atoms with E-state index in [0.29, 0.717) is 10.5 Å². The fourth-order valence-electron chi connectivity index (χ4n) is 2.34. The Labute approximate surface area is 115 Å². The molecule has 1 aromatic heterocycles. The van der Waals surface area contributed by atoms with Crippen LogP contribution in [-0.4, -0.2) is 16.5 Å². The minimum atomic E-state index is -0.263. The van der Waals surface area contributed by atoms with Gasteiger partial charge in [0.15, 0.2) is 0 Å². The van der Waals surface area contributed by atoms with Gasteiger partial charge in [0.2, 0.25) is 0 Å². The molecule has 0 saturated heterocycles. The summed E-state index contributed by atoms with van der Waals surface area (Å²) < 4.78 is 14.0. The predicted octanol–water partition coefficient (Wildman–Crippen LogP) is 2.90. The Morgan fingerprint density at radius 3 is 3.05 bits per heavy atom. The lowest BCUT2D eigenvalue weighted by Crippen LogP contribution is -2.25. The number of benzene rings is 1. The third-order valence-electron chi connectivity index (χ3n) is 3.41. The summed E-state index contributed by atoms with van der Waals surface area (Å²) in [5.74, 6) is 0.392. The molecule has 0 fully saturated rings. The average Bonchev–Trinajstić information content (AvgIpc) is 2.41. The van der Waals surface area contributed by atoms with E-state index in [0.717, 1.165) is 41.9 Å². The van der Waals surface area contributed by atoms with Crippen LogP contribution in [0.3, 0.4) is 0 Å². The van der Waals surface area contributed by atoms with Crippen molar-refractivity contribution < 1.29 is 4.39 Å². The molecule has 1 aliphatic heterocycles. The highest BCUT2D eigenvalue weighted by Gasteiger charge is 2.14. The molecule has 0 bridgehead atoms. The first-order valence-corrected chi connectivity index (χ1v) is 6.65. The van der Waals surface area contributed by atoms with Crippen molar-refractivity contribution in [3.05, 3.63) is 45.5 Å². The van der Waals surface area contributed by atoms with Gasteiger partial charge in [0, 0.05) is 36.3 Å². The van der Waals surface area contributed by atoms with Gasteiger partial charge >= 0.3 is 0 Å². The molecule has 2 aromatic rings. The summed E-state index contributed by atoms with van der Waals surface area (Å²) in [5, 5.41) is 3.27. The number of hydrogen-bond acceptors (Lipinski definition) is 3. The van der Waals surface area contributed by atoms with Crippen molar-refractivity contribution in [2.45, 2.75) is 19.9 Å². The maximum atomic E-state index is 13.4. The average molecular weight is 275 g/mol. The number of nitrogens with one attached hydrogen (secondary N) is 2. The first-order chi connectivity index (χ1) is 9.15. The van der Waals surface area contributed by atoms with Crippen molar-refractivity contribution in [3.63, 3.8) is 0 Å². The van der Waals surface area contributed by atoms with Gasteiger partial charge < -0.3 is 10.3 Å². The van der Waals surface area contributed by atoms with Gasteiger partial charge in [-0.05, 0) is 24.6 Å². The van der Waals surface area contributed by atoms with Gasteiger partial charge in [0.25, 0.3) is 0 Å². The Hall–Kier alpha value is -1.59. The van der Waals surface area contributed by atoms with E-state index in [1.807, 2.05) is 6.92 Å². The quantitative estimate of drug-likeness (QED) is 0.786. The smallest absolute Gasteiger partial charge is 0.139 e. The summed E-state index contributed by atoms with van der Waals surface area (Å²) in [5.41, 5.74) is 3.91. The second-order valence-electron chi connectivity index (χ2n) is 4.73. The van der Waals surface area contributed by atoms with Crippen LogP contribution in [0.4, 0.5) is 4.39 Å². The Bertz CT molecular complexity index is 694. The van der Waals surface area contributed by atoms with Gasteiger partial charge in [-0.25, -0.2) is 9.37 Å². The number of nitrogens with zero attached hydrogens (tertiary/aromatic N) is 1. The zero-order valence-corrected chi connectivity index (χ0v) is 11.4. The van der Waals surface area contributed by atoms with Crippen LogP contribution in [0.15, 0.2) is 18.2 Å². The van der Waals surface area contributed by atoms with Crippen LogP contribution in [0.2, 0.25) is 0 Å². The second kappa shape index (κ2) is 4.83. The van der Waals surface area contributed by atoms with Crippen LogP contribution in [0, 0.1) is 17.4 Å². The molecule has 0 unspecified atom stereocenters. The van der Waals surface area contributed by atoms with E-state index in [1.165, 1.54) is 12.1 Å². The zero-order valence-electron chi connectivity index (χ0n) is 10.6. The van der Waals surface area contributed by atoms with Crippen molar-refractivity contribution in [2.24, 2.45) is 0 Å². The molecular formula is C14H14FN3S. The van der Waals surface area contributed by atoms with Gasteiger partial charge in [-0.15, -0.1) is 0 Å². The third-order valence-corrected chi connectivity index (χ3v) is 3.75. The summed E-state index contributed by atoms with van der Waals surface area (Å²) in [7, 11) is 0. The summed E-state index contributed by atoms with van der Waals surface area (Å²) in [6.07, 6.45) is 0.892. The first kappa shape index (κ1) is 12.4. The van der Waals surface area contributed by atoms with Crippen molar-refractivity contribution in [2.75, 3.05) is 6.54 Å². The molecule has 3 rings (SSSR count). The molecule has 19 heavy (non-hydrogen) atoms. The van der Waals surface area contributed by atoms with Crippen LogP contribution in [0.25, 0.3) is 11.4 Å². The lowest BCUT2D eigenvalue weighted by Gasteiger charge is -2.18. The fraction of sp³-hybridized carbons (Fsp3) is 0.286. The number of fused-ring (bicyclic) bond motifs is 1. The SMILES string of the molecule is Cc1ccc(F)cc1-c1nc(=S)c2c([nH]1)CCNC2. The van der Waals surface area contributed by atoms with E-state index >= 15 is 0 Å². The maximum absolute atomic E-state index is 13.4. The molecule has 0 spiro atoms. The van der Waals surface area contributed by atoms with Crippen LogP contribution in [-0.2, 0) is 13.0 Å². The highest BCUT2D eigenvalue weighted by Crippen LogP contribution is 2.23. The fourth-order valence-corrected chi connectivity index (χ4v) is 2.63. The third kappa shape index (κ3) is 2.31. The normalized spacial score (nSPS) is 14.2. The second-order valence-corrected chi connectivity index (χ2v) is 5.12. The molecule has 0 amide bonds. The van der Waals surface area contributed by atoms with Crippen molar-refractivity contribution in [1.82, 2.24) is 15.3 Å². The molecule has 5 heteroatoms. The Kier molecular flexibility index (Phi) is 3.16. The number of H-pyrrole nitrogens is 1. The van der Waals surface area contributed by atoms with Crippen LogP contribution >= 0.6 is 12.2 Å². The number of hydrogen-bond donors (Lipinski definition) is 2. The molecule has 0 atom stereocenters. The Morgan fingerprint density at radius 1 is 1.37 bits per heavy atom. The summed E-state index contributed by atoms with van der Waals surface area (Å²) in [4.78, 5) is 7.72. The van der Waals surface area contributed by atoms with Gasteiger partial charge in [-0.3, -0.25) is 0 Å². The number of aromatic nitrogens is 2. The van der Waals surface area contributed by atoms with Crippen LogP contribution in [0.5, 0.6) is 0 Å². The predicted molar refractivity (Wildman–Crippen MR) is 75.0 cm³/mol. The number of aromatic amines is 1. The van der Waals surface area contributed by atoms with E-state index in [2.05, 4.69) is 15.3 Å². The zero-order chi connectivity index (χ0) is 13.4. The molecule has 3 nitrogen and oxygen atoms in total. The number of aryl methyl sites for hydroxylation is 1. The van der Waals surface area contributed by atoms with Crippen molar-refractivity contribution in [1.29, 1.82) is 0 Å². The standard InChI is InChI=1S/C14H14FN3S/c1-8-2-3-9(15)6-10(8)13-17-12-4-5-16-7-11(12)14(19)18-13/h2-3,6,16H,4-5,7H2,1H3,(H,17,18,19). The molecule has 1 aliphatic rings. The van der Waals surface area contributed by atoms with E-state index in [4.69, 9.17) is 12.2 Å². The van der Waals surface area contributed by atoms with Crippen LogP contribution < -0.4 is 5.32 Å². The maximum Gasteiger partial charge on any atom is 0.139 e. The lowest BCUT2D eigenvalue weighted by molar-refractivity contribution is 0.622. The minimum absolute atomic E-state index is 0.263. The summed E-state index contributed by atoms with van der Waals surface area (Å²) in [6, 6.07) is 4.70. The van der Waals surface area contributed by atoms with Crippen molar-refractivity contribution in [3.8, 4) is 11.4 Å². The number of rotatable bonds is 1. The largest absolute Gasteiger partial charge is 0.343 e. The monoisotopic (exact) mass is 275 g/mol. The summed E-state index contributed by atoms with van der Waals surface area (Å²) >= 11 is 5.34. The topological polar surface area (TPSA) is 40.7 Å². The highest BCUT2D eigenvalue weighted by atomic mass is 32.1. The van der Waals surface area contributed by atoms with Crippen molar-refractivity contribution >= 4 is 12.2 Å². The summed E-state index contributed by atoms with van der Waals surface area (Å²) in [6.45, 7) is 3.61. The molecule has 2 heterocycles. The van der Waals surface area contributed by atoms with Gasteiger partial charge in [-0.1, -0.05) is 18.3 Å². The molecule has 0 aliphatic carbocycles. The molecule has 2 N–H and O–H groups in total. The minimum Gasteiger partial charge on any atom is -0.343 e. The van der Waals surface area contributed by atoms with Gasteiger partial charge in [0.05, 0.1) is 0 Å². The van der Waals surface area contributed by atoms with Gasteiger partial charge in [0.1, 0.15) is 16.3 Å². The molecule has 98 valence electrons. The molecule has 1 aromatic carbocycles. The van der Waals surface area contributed by atoms with Gasteiger partial charge in [-0.2, -0.15) is 0 Å². The first-order valence-electron chi connectivity index (χ1n) is 6.24. The molecular weight excluding hydrogens is 261 g/mol. The van der Waals surface area contributed by atoms with Crippen LogP contribution in [0.1, 0.15) is 16.8 Å². The highest BCUT2D eigenvalue weighted by molar-refractivity contribution is 7.71. The van der Waals surface area contributed by atoms with E-state index in [-0.39, 0.29) is 5.82 Å². The Balaban J connectivity index is 2.18. The molecule has 0 saturated carbocycles. The Morgan fingerprint density at radius 2 is 2.21 bits per heavy atom. The van der Waals surface area contributed by atoms with E-state index in [9.17, 15) is 4.39 Å². The van der Waals surface area contributed by atoms with E-state index < -0.39 is 0 Å². The lowest BCUT2D eigenvalue weighted by atomic mass is 10.1. The van der Waals surface area contributed by atoms with E-state index in [1.54, 1.807) is 6.07 Å².